The standard InChI is InChI=1S/C10H19N3O/c1-7(11)9(4-5-14)10-6-12-13(3)8(10)2/h6-7,9,14H,4-5,11H2,1-3H3. The van der Waals surface area contributed by atoms with Crippen LogP contribution in [0.3, 0.4) is 0 Å². The number of aryl methyl sites for hydroxylation is 1. The van der Waals surface area contributed by atoms with Crippen molar-refractivity contribution in [2.75, 3.05) is 6.61 Å². The number of aliphatic hydroxyl groups is 1. The second-order valence-electron chi connectivity index (χ2n) is 3.79. The van der Waals surface area contributed by atoms with Gasteiger partial charge in [-0.25, -0.2) is 0 Å². The Labute approximate surface area is 84.7 Å². The molecule has 0 saturated heterocycles. The summed E-state index contributed by atoms with van der Waals surface area (Å²) in [4.78, 5) is 0. The fourth-order valence-corrected chi connectivity index (χ4v) is 1.72. The molecule has 2 unspecified atom stereocenters. The molecule has 0 amide bonds. The average molecular weight is 197 g/mol. The first-order valence-corrected chi connectivity index (χ1v) is 4.92. The Bertz CT molecular complexity index is 294. The predicted molar refractivity (Wildman–Crippen MR) is 56.0 cm³/mol. The molecule has 1 aromatic rings. The highest BCUT2D eigenvalue weighted by Crippen LogP contribution is 2.24. The van der Waals surface area contributed by atoms with Crippen molar-refractivity contribution >= 4 is 0 Å². The zero-order chi connectivity index (χ0) is 10.7. The molecule has 14 heavy (non-hydrogen) atoms. The molecule has 1 heterocycles. The van der Waals surface area contributed by atoms with E-state index < -0.39 is 0 Å². The Morgan fingerprint density at radius 3 is 2.64 bits per heavy atom. The smallest absolute Gasteiger partial charge is 0.0527 e. The maximum Gasteiger partial charge on any atom is 0.0527 e. The van der Waals surface area contributed by atoms with Gasteiger partial charge in [0, 0.05) is 31.3 Å². The summed E-state index contributed by atoms with van der Waals surface area (Å²) < 4.78 is 1.84. The number of aliphatic hydroxyl groups excluding tert-OH is 1. The molecule has 0 spiro atoms. The molecule has 0 bridgehead atoms. The summed E-state index contributed by atoms with van der Waals surface area (Å²) in [6, 6.07) is 0.0463. The van der Waals surface area contributed by atoms with Gasteiger partial charge >= 0.3 is 0 Å². The summed E-state index contributed by atoms with van der Waals surface area (Å²) >= 11 is 0. The van der Waals surface area contributed by atoms with E-state index in [2.05, 4.69) is 5.10 Å². The number of rotatable bonds is 4. The van der Waals surface area contributed by atoms with Gasteiger partial charge in [-0.2, -0.15) is 5.10 Å². The number of hydrogen-bond donors (Lipinski definition) is 2. The van der Waals surface area contributed by atoms with E-state index in [0.717, 1.165) is 11.3 Å². The van der Waals surface area contributed by atoms with Crippen LogP contribution in [0.1, 0.15) is 30.5 Å². The predicted octanol–water partition coefficient (Wildman–Crippen LogP) is 0.542. The zero-order valence-corrected chi connectivity index (χ0v) is 9.07. The third kappa shape index (κ3) is 2.13. The third-order valence-corrected chi connectivity index (χ3v) is 2.75. The second kappa shape index (κ2) is 4.57. The van der Waals surface area contributed by atoms with Gasteiger partial charge < -0.3 is 10.8 Å². The van der Waals surface area contributed by atoms with E-state index in [1.54, 1.807) is 0 Å². The number of aromatic nitrogens is 2. The lowest BCUT2D eigenvalue weighted by atomic mass is 9.91. The van der Waals surface area contributed by atoms with Gasteiger partial charge in [0.2, 0.25) is 0 Å². The van der Waals surface area contributed by atoms with Crippen molar-refractivity contribution in [3.05, 3.63) is 17.5 Å². The Morgan fingerprint density at radius 1 is 1.64 bits per heavy atom. The summed E-state index contributed by atoms with van der Waals surface area (Å²) in [6.07, 6.45) is 2.54. The highest BCUT2D eigenvalue weighted by molar-refractivity contribution is 5.22. The van der Waals surface area contributed by atoms with Crippen molar-refractivity contribution in [1.29, 1.82) is 0 Å². The minimum absolute atomic E-state index is 0.0463. The highest BCUT2D eigenvalue weighted by atomic mass is 16.3. The first-order valence-electron chi connectivity index (χ1n) is 4.92. The van der Waals surface area contributed by atoms with Crippen molar-refractivity contribution in [2.45, 2.75) is 32.2 Å². The van der Waals surface area contributed by atoms with Crippen LogP contribution in [0.5, 0.6) is 0 Å². The van der Waals surface area contributed by atoms with Crippen molar-refractivity contribution in [3.8, 4) is 0 Å². The van der Waals surface area contributed by atoms with E-state index in [9.17, 15) is 0 Å². The van der Waals surface area contributed by atoms with Crippen LogP contribution in [0.25, 0.3) is 0 Å². The molecule has 1 rings (SSSR count). The lowest BCUT2D eigenvalue weighted by Crippen LogP contribution is -2.26. The van der Waals surface area contributed by atoms with E-state index >= 15 is 0 Å². The summed E-state index contributed by atoms with van der Waals surface area (Å²) in [7, 11) is 1.91. The van der Waals surface area contributed by atoms with Crippen LogP contribution >= 0.6 is 0 Å². The molecule has 0 aliphatic heterocycles. The van der Waals surface area contributed by atoms with E-state index in [4.69, 9.17) is 10.8 Å². The fraction of sp³-hybridized carbons (Fsp3) is 0.700. The number of nitrogens with two attached hydrogens (primary N) is 1. The molecule has 1 aromatic heterocycles. The first kappa shape index (κ1) is 11.2. The molecule has 0 fully saturated rings. The Hall–Kier alpha value is -0.870. The maximum absolute atomic E-state index is 8.96. The number of hydrogen-bond acceptors (Lipinski definition) is 3. The topological polar surface area (TPSA) is 64.1 Å². The van der Waals surface area contributed by atoms with Gasteiger partial charge in [0.15, 0.2) is 0 Å². The highest BCUT2D eigenvalue weighted by Gasteiger charge is 2.19. The molecular formula is C10H19N3O. The molecule has 0 saturated carbocycles. The molecule has 4 heteroatoms. The van der Waals surface area contributed by atoms with E-state index in [0.29, 0.717) is 6.42 Å². The number of nitrogens with zero attached hydrogens (tertiary/aromatic N) is 2. The normalized spacial score (nSPS) is 15.5. The fourth-order valence-electron chi connectivity index (χ4n) is 1.72. The molecule has 80 valence electrons. The van der Waals surface area contributed by atoms with Crippen molar-refractivity contribution in [3.63, 3.8) is 0 Å². The van der Waals surface area contributed by atoms with Crippen molar-refractivity contribution < 1.29 is 5.11 Å². The first-order chi connectivity index (χ1) is 6.57. The molecule has 0 aliphatic rings. The van der Waals surface area contributed by atoms with Gasteiger partial charge in [0.1, 0.15) is 0 Å². The van der Waals surface area contributed by atoms with Crippen LogP contribution in [-0.2, 0) is 7.05 Å². The maximum atomic E-state index is 8.96. The zero-order valence-electron chi connectivity index (χ0n) is 9.07. The molecule has 3 N–H and O–H groups in total. The average Bonchev–Trinajstić information content (AvgIpc) is 2.44. The minimum Gasteiger partial charge on any atom is -0.396 e. The SMILES string of the molecule is Cc1c(C(CCO)C(C)N)cnn1C. The Balaban J connectivity index is 2.93. The molecule has 2 atom stereocenters. The summed E-state index contributed by atoms with van der Waals surface area (Å²) in [5.74, 6) is 0.202. The van der Waals surface area contributed by atoms with Gasteiger partial charge in [-0.1, -0.05) is 0 Å². The summed E-state index contributed by atoms with van der Waals surface area (Å²) in [5.41, 5.74) is 8.16. The van der Waals surface area contributed by atoms with E-state index in [-0.39, 0.29) is 18.6 Å². The van der Waals surface area contributed by atoms with Crippen molar-refractivity contribution in [1.82, 2.24) is 9.78 Å². The van der Waals surface area contributed by atoms with Crippen LogP contribution in [0.4, 0.5) is 0 Å². The van der Waals surface area contributed by atoms with Crippen LogP contribution in [0.2, 0.25) is 0 Å². The molecule has 0 aromatic carbocycles. The van der Waals surface area contributed by atoms with Crippen LogP contribution < -0.4 is 5.73 Å². The molecule has 0 aliphatic carbocycles. The molecule has 4 nitrogen and oxygen atoms in total. The Morgan fingerprint density at radius 2 is 2.29 bits per heavy atom. The van der Waals surface area contributed by atoms with Gasteiger partial charge in [0.25, 0.3) is 0 Å². The van der Waals surface area contributed by atoms with Crippen LogP contribution in [-0.4, -0.2) is 27.5 Å². The summed E-state index contributed by atoms with van der Waals surface area (Å²) in [6.45, 7) is 4.16. The van der Waals surface area contributed by atoms with Crippen molar-refractivity contribution in [2.24, 2.45) is 12.8 Å². The van der Waals surface area contributed by atoms with Gasteiger partial charge in [0.05, 0.1) is 6.20 Å². The van der Waals surface area contributed by atoms with Gasteiger partial charge in [-0.15, -0.1) is 0 Å². The minimum atomic E-state index is 0.0463. The molecular weight excluding hydrogens is 178 g/mol. The second-order valence-corrected chi connectivity index (χ2v) is 3.79. The third-order valence-electron chi connectivity index (χ3n) is 2.75. The lowest BCUT2D eigenvalue weighted by molar-refractivity contribution is 0.269. The monoisotopic (exact) mass is 197 g/mol. The van der Waals surface area contributed by atoms with Gasteiger partial charge in [-0.05, 0) is 25.8 Å². The quantitative estimate of drug-likeness (QED) is 0.740. The van der Waals surface area contributed by atoms with Crippen LogP contribution in [0.15, 0.2) is 6.20 Å². The largest absolute Gasteiger partial charge is 0.396 e. The van der Waals surface area contributed by atoms with Crippen LogP contribution in [0, 0.1) is 6.92 Å². The lowest BCUT2D eigenvalue weighted by Gasteiger charge is -2.19. The molecule has 0 radical (unpaired) electrons. The van der Waals surface area contributed by atoms with Gasteiger partial charge in [-0.3, -0.25) is 4.68 Å². The summed E-state index contributed by atoms with van der Waals surface area (Å²) in [5, 5.41) is 13.1. The van der Waals surface area contributed by atoms with E-state index in [1.807, 2.05) is 31.8 Å². The van der Waals surface area contributed by atoms with E-state index in [1.165, 1.54) is 0 Å². The Kier molecular flexibility index (Phi) is 3.66.